The standard InChI is InChI=1S/C34H71O4P/c1-3-5-7-9-11-13-15-17-18-19-21-23-25-27-29-31-33-34(38-39(35,36)37)32-30-28-26-24-22-20-16-14-12-10-8-6-4-2/h34H,3-33H2,1-2H3,(H2,35,36,37). The summed E-state index contributed by atoms with van der Waals surface area (Å²) in [6.45, 7) is 4.55. The van der Waals surface area contributed by atoms with E-state index < -0.39 is 7.82 Å². The van der Waals surface area contributed by atoms with Gasteiger partial charge < -0.3 is 9.79 Å². The van der Waals surface area contributed by atoms with E-state index in [4.69, 9.17) is 4.52 Å². The summed E-state index contributed by atoms with van der Waals surface area (Å²) in [5.74, 6) is 0. The summed E-state index contributed by atoms with van der Waals surface area (Å²) in [5, 5.41) is 0. The maximum absolute atomic E-state index is 11.4. The van der Waals surface area contributed by atoms with Gasteiger partial charge in [-0.2, -0.15) is 0 Å². The molecule has 5 heteroatoms. The molecule has 0 rings (SSSR count). The van der Waals surface area contributed by atoms with Gasteiger partial charge in [-0.25, -0.2) is 4.57 Å². The average Bonchev–Trinajstić information content (AvgIpc) is 2.90. The van der Waals surface area contributed by atoms with Crippen molar-refractivity contribution < 1.29 is 18.9 Å². The Hall–Kier alpha value is 0.110. The molecule has 0 bridgehead atoms. The first-order valence-corrected chi connectivity index (χ1v) is 19.3. The summed E-state index contributed by atoms with van der Waals surface area (Å²) >= 11 is 0. The average molecular weight is 575 g/mol. The zero-order valence-corrected chi connectivity index (χ0v) is 27.6. The van der Waals surface area contributed by atoms with E-state index in [9.17, 15) is 14.4 Å². The van der Waals surface area contributed by atoms with Crippen molar-refractivity contribution >= 4 is 7.82 Å². The van der Waals surface area contributed by atoms with Gasteiger partial charge in [0.1, 0.15) is 0 Å². The summed E-state index contributed by atoms with van der Waals surface area (Å²) in [4.78, 5) is 18.6. The number of hydrogen-bond acceptors (Lipinski definition) is 2. The van der Waals surface area contributed by atoms with Crippen LogP contribution in [0.1, 0.15) is 213 Å². The van der Waals surface area contributed by atoms with Gasteiger partial charge in [0.25, 0.3) is 0 Å². The highest BCUT2D eigenvalue weighted by atomic mass is 31.2. The van der Waals surface area contributed by atoms with E-state index in [0.29, 0.717) is 0 Å². The van der Waals surface area contributed by atoms with Crippen LogP contribution in [0.15, 0.2) is 0 Å². The van der Waals surface area contributed by atoms with Gasteiger partial charge in [0.05, 0.1) is 6.10 Å². The zero-order chi connectivity index (χ0) is 28.7. The van der Waals surface area contributed by atoms with Crippen molar-refractivity contribution in [3.05, 3.63) is 0 Å². The molecule has 2 N–H and O–H groups in total. The second-order valence-corrected chi connectivity index (χ2v) is 13.5. The molecule has 0 heterocycles. The second kappa shape index (κ2) is 31.1. The highest BCUT2D eigenvalue weighted by Gasteiger charge is 2.21. The van der Waals surface area contributed by atoms with Gasteiger partial charge in [-0.15, -0.1) is 0 Å². The van der Waals surface area contributed by atoms with Crippen molar-refractivity contribution in [1.29, 1.82) is 0 Å². The molecule has 39 heavy (non-hydrogen) atoms. The number of rotatable bonds is 33. The molecule has 4 nitrogen and oxygen atoms in total. The van der Waals surface area contributed by atoms with Crippen LogP contribution < -0.4 is 0 Å². The second-order valence-electron chi connectivity index (χ2n) is 12.3. The molecule has 0 aliphatic heterocycles. The van der Waals surface area contributed by atoms with E-state index in [1.807, 2.05) is 0 Å². The summed E-state index contributed by atoms with van der Waals surface area (Å²) < 4.78 is 16.6. The molecule has 0 saturated carbocycles. The lowest BCUT2D eigenvalue weighted by Crippen LogP contribution is -2.11. The summed E-state index contributed by atoms with van der Waals surface area (Å²) in [6.07, 6.45) is 39.8. The van der Waals surface area contributed by atoms with Gasteiger partial charge in [0.15, 0.2) is 0 Å². The quantitative estimate of drug-likeness (QED) is 0.0604. The minimum absolute atomic E-state index is 0.287. The molecular formula is C34H71O4P. The third-order valence-electron chi connectivity index (χ3n) is 8.30. The topological polar surface area (TPSA) is 66.8 Å². The van der Waals surface area contributed by atoms with Crippen LogP contribution >= 0.6 is 7.82 Å². The fourth-order valence-electron chi connectivity index (χ4n) is 5.75. The zero-order valence-electron chi connectivity index (χ0n) is 26.7. The van der Waals surface area contributed by atoms with Crippen molar-refractivity contribution in [2.24, 2.45) is 0 Å². The van der Waals surface area contributed by atoms with Crippen molar-refractivity contribution in [3.8, 4) is 0 Å². The van der Waals surface area contributed by atoms with E-state index in [1.165, 1.54) is 161 Å². The van der Waals surface area contributed by atoms with Gasteiger partial charge in [0.2, 0.25) is 0 Å². The van der Waals surface area contributed by atoms with Crippen molar-refractivity contribution in [2.45, 2.75) is 219 Å². The largest absolute Gasteiger partial charge is 0.469 e. The van der Waals surface area contributed by atoms with E-state index >= 15 is 0 Å². The van der Waals surface area contributed by atoms with Crippen LogP contribution in [0.2, 0.25) is 0 Å². The molecule has 0 aromatic rings. The predicted molar refractivity (Wildman–Crippen MR) is 171 cm³/mol. The Morgan fingerprint density at radius 1 is 0.410 bits per heavy atom. The monoisotopic (exact) mass is 575 g/mol. The third kappa shape index (κ3) is 34.2. The van der Waals surface area contributed by atoms with E-state index in [1.54, 1.807) is 0 Å². The Morgan fingerprint density at radius 3 is 0.821 bits per heavy atom. The fraction of sp³-hybridized carbons (Fsp3) is 1.00. The van der Waals surface area contributed by atoms with Crippen LogP contribution in [0.5, 0.6) is 0 Å². The van der Waals surface area contributed by atoms with Gasteiger partial charge in [-0.1, -0.05) is 200 Å². The molecule has 0 spiro atoms. The van der Waals surface area contributed by atoms with Gasteiger partial charge in [-0.3, -0.25) is 4.52 Å². The molecular weight excluding hydrogens is 503 g/mol. The molecule has 0 saturated heterocycles. The highest BCUT2D eigenvalue weighted by Crippen LogP contribution is 2.39. The molecule has 236 valence electrons. The van der Waals surface area contributed by atoms with Crippen LogP contribution in [-0.2, 0) is 9.09 Å². The van der Waals surface area contributed by atoms with Gasteiger partial charge >= 0.3 is 7.82 Å². The Bertz CT molecular complexity index is 507. The minimum Gasteiger partial charge on any atom is -0.303 e. The van der Waals surface area contributed by atoms with Crippen LogP contribution in [-0.4, -0.2) is 15.9 Å². The predicted octanol–water partition coefficient (Wildman–Crippen LogP) is 12.6. The molecule has 0 aromatic heterocycles. The number of phosphoric acid groups is 1. The Balaban J connectivity index is 3.59. The molecule has 0 amide bonds. The normalized spacial score (nSPS) is 12.8. The van der Waals surface area contributed by atoms with Crippen LogP contribution in [0.4, 0.5) is 0 Å². The van der Waals surface area contributed by atoms with Crippen molar-refractivity contribution in [1.82, 2.24) is 0 Å². The molecule has 0 aliphatic rings. The van der Waals surface area contributed by atoms with Gasteiger partial charge in [0, 0.05) is 0 Å². The number of hydrogen-bond donors (Lipinski definition) is 2. The molecule has 0 aliphatic carbocycles. The Labute approximate surface area is 245 Å². The molecule has 0 radical (unpaired) electrons. The van der Waals surface area contributed by atoms with Gasteiger partial charge in [-0.05, 0) is 12.8 Å². The maximum Gasteiger partial charge on any atom is 0.469 e. The minimum atomic E-state index is -4.40. The Morgan fingerprint density at radius 2 is 0.615 bits per heavy atom. The SMILES string of the molecule is CCCCCCCCCCCCCCCCCCC(CCCCCCCCCCCCCCC)OP(=O)(O)O. The first kappa shape index (κ1) is 39.1. The lowest BCUT2D eigenvalue weighted by Gasteiger charge is -2.18. The summed E-state index contributed by atoms with van der Waals surface area (Å²) in [7, 11) is -4.40. The third-order valence-corrected chi connectivity index (χ3v) is 8.87. The van der Waals surface area contributed by atoms with Crippen LogP contribution in [0.3, 0.4) is 0 Å². The van der Waals surface area contributed by atoms with Crippen molar-refractivity contribution in [2.75, 3.05) is 0 Å². The smallest absolute Gasteiger partial charge is 0.303 e. The maximum atomic E-state index is 11.4. The molecule has 0 fully saturated rings. The summed E-state index contributed by atoms with van der Waals surface area (Å²) in [5.41, 5.74) is 0. The lowest BCUT2D eigenvalue weighted by atomic mass is 10.0. The number of unbranched alkanes of at least 4 members (excludes halogenated alkanes) is 27. The first-order valence-electron chi connectivity index (χ1n) is 17.7. The Kier molecular flexibility index (Phi) is 31.1. The van der Waals surface area contributed by atoms with Crippen LogP contribution in [0.25, 0.3) is 0 Å². The molecule has 0 aromatic carbocycles. The summed E-state index contributed by atoms with van der Waals surface area (Å²) in [6, 6.07) is 0. The van der Waals surface area contributed by atoms with E-state index in [0.717, 1.165) is 38.5 Å². The lowest BCUT2D eigenvalue weighted by molar-refractivity contribution is 0.115. The first-order chi connectivity index (χ1) is 19.0. The highest BCUT2D eigenvalue weighted by molar-refractivity contribution is 7.46. The number of phosphoric ester groups is 1. The fourth-order valence-corrected chi connectivity index (χ4v) is 6.35. The van der Waals surface area contributed by atoms with E-state index in [2.05, 4.69) is 13.8 Å². The van der Waals surface area contributed by atoms with E-state index in [-0.39, 0.29) is 6.10 Å². The van der Waals surface area contributed by atoms with Crippen LogP contribution in [0, 0.1) is 0 Å². The molecule has 1 atom stereocenters. The van der Waals surface area contributed by atoms with Crippen molar-refractivity contribution in [3.63, 3.8) is 0 Å². The molecule has 1 unspecified atom stereocenters.